The molecule has 1 aromatic rings. The van der Waals surface area contributed by atoms with Crippen molar-refractivity contribution >= 4 is 0 Å². The highest BCUT2D eigenvalue weighted by Gasteiger charge is 2.20. The predicted octanol–water partition coefficient (Wildman–Crippen LogP) is 0.615. The van der Waals surface area contributed by atoms with E-state index in [0.29, 0.717) is 6.54 Å². The Hall–Kier alpha value is -0.910. The van der Waals surface area contributed by atoms with E-state index in [9.17, 15) is 0 Å². The van der Waals surface area contributed by atoms with Crippen molar-refractivity contribution in [3.63, 3.8) is 0 Å². The minimum atomic E-state index is 0.672. The molecule has 0 unspecified atom stereocenters. The van der Waals surface area contributed by atoms with E-state index < -0.39 is 0 Å². The Labute approximate surface area is 116 Å². The van der Waals surface area contributed by atoms with Crippen molar-refractivity contribution in [2.24, 2.45) is 11.7 Å². The summed E-state index contributed by atoms with van der Waals surface area (Å²) in [6.45, 7) is 6.12. The predicted molar refractivity (Wildman–Crippen MR) is 77.8 cm³/mol. The summed E-state index contributed by atoms with van der Waals surface area (Å²) < 4.78 is 2.08. The number of imidazole rings is 1. The van der Waals surface area contributed by atoms with Crippen LogP contribution in [-0.4, -0.2) is 59.6 Å². The van der Waals surface area contributed by atoms with E-state index in [1.165, 1.54) is 38.2 Å². The average Bonchev–Trinajstić information content (AvgIpc) is 2.79. The fourth-order valence-corrected chi connectivity index (χ4v) is 2.83. The average molecular weight is 265 g/mol. The van der Waals surface area contributed by atoms with Gasteiger partial charge in [-0.25, -0.2) is 4.98 Å². The van der Waals surface area contributed by atoms with E-state index in [0.717, 1.165) is 19.0 Å². The molecule has 19 heavy (non-hydrogen) atoms. The summed E-state index contributed by atoms with van der Waals surface area (Å²) in [6, 6.07) is 0. The first-order chi connectivity index (χ1) is 9.17. The Kier molecular flexibility index (Phi) is 5.36. The highest BCUT2D eigenvalue weighted by Crippen LogP contribution is 2.19. The molecule has 1 aliphatic rings. The van der Waals surface area contributed by atoms with Crippen LogP contribution in [0.2, 0.25) is 0 Å². The van der Waals surface area contributed by atoms with Crippen molar-refractivity contribution in [2.45, 2.75) is 25.9 Å². The van der Waals surface area contributed by atoms with Gasteiger partial charge < -0.3 is 15.2 Å². The quantitative estimate of drug-likeness (QED) is 0.819. The lowest BCUT2D eigenvalue weighted by Gasteiger charge is -2.32. The molecule has 0 spiro atoms. The highest BCUT2D eigenvalue weighted by molar-refractivity contribution is 4.97. The maximum atomic E-state index is 5.55. The maximum absolute atomic E-state index is 5.55. The number of piperidine rings is 1. The van der Waals surface area contributed by atoms with Crippen molar-refractivity contribution in [2.75, 3.05) is 40.3 Å². The number of likely N-dealkylation sites (tertiary alicyclic amines) is 1. The zero-order chi connectivity index (χ0) is 13.7. The van der Waals surface area contributed by atoms with Crippen LogP contribution in [0.25, 0.3) is 0 Å². The molecule has 0 aromatic carbocycles. The van der Waals surface area contributed by atoms with Gasteiger partial charge in [0.25, 0.3) is 0 Å². The topological polar surface area (TPSA) is 50.3 Å². The van der Waals surface area contributed by atoms with Crippen molar-refractivity contribution < 1.29 is 0 Å². The van der Waals surface area contributed by atoms with Crippen LogP contribution in [0.3, 0.4) is 0 Å². The van der Waals surface area contributed by atoms with Crippen LogP contribution in [0.4, 0.5) is 0 Å². The molecule has 1 aliphatic heterocycles. The molecule has 2 rings (SSSR count). The van der Waals surface area contributed by atoms with Gasteiger partial charge in [0, 0.05) is 32.4 Å². The van der Waals surface area contributed by atoms with Crippen LogP contribution >= 0.6 is 0 Å². The molecule has 0 radical (unpaired) electrons. The Bertz CT molecular complexity index is 366. The summed E-state index contributed by atoms with van der Waals surface area (Å²) in [5, 5.41) is 0. The fraction of sp³-hybridized carbons (Fsp3) is 0.786. The molecular weight excluding hydrogens is 238 g/mol. The molecule has 0 saturated carbocycles. The van der Waals surface area contributed by atoms with Gasteiger partial charge in [-0.2, -0.15) is 0 Å². The lowest BCUT2D eigenvalue weighted by molar-refractivity contribution is 0.155. The van der Waals surface area contributed by atoms with E-state index in [4.69, 9.17) is 5.73 Å². The summed E-state index contributed by atoms with van der Waals surface area (Å²) in [7, 11) is 4.33. The number of hydrogen-bond acceptors (Lipinski definition) is 4. The van der Waals surface area contributed by atoms with Gasteiger partial charge in [-0.15, -0.1) is 0 Å². The molecule has 1 fully saturated rings. The minimum absolute atomic E-state index is 0.672. The lowest BCUT2D eigenvalue weighted by atomic mass is 9.96. The zero-order valence-electron chi connectivity index (χ0n) is 12.3. The molecule has 2 N–H and O–H groups in total. The molecule has 0 aliphatic carbocycles. The maximum Gasteiger partial charge on any atom is 0.0950 e. The van der Waals surface area contributed by atoms with E-state index in [-0.39, 0.29) is 0 Å². The van der Waals surface area contributed by atoms with Gasteiger partial charge in [0.2, 0.25) is 0 Å². The van der Waals surface area contributed by atoms with E-state index in [1.807, 2.05) is 6.33 Å². The van der Waals surface area contributed by atoms with Crippen LogP contribution < -0.4 is 5.73 Å². The van der Waals surface area contributed by atoms with Gasteiger partial charge in [0.05, 0.1) is 12.0 Å². The minimum Gasteiger partial charge on any atom is -0.336 e. The first kappa shape index (κ1) is 14.5. The Morgan fingerprint density at radius 1 is 1.37 bits per heavy atom. The van der Waals surface area contributed by atoms with Crippen LogP contribution in [0, 0.1) is 5.92 Å². The summed E-state index contributed by atoms with van der Waals surface area (Å²) in [6.07, 6.45) is 6.63. The Morgan fingerprint density at radius 3 is 2.74 bits per heavy atom. The second-order valence-electron chi connectivity index (χ2n) is 5.87. The summed E-state index contributed by atoms with van der Waals surface area (Å²) in [5.74, 6) is 0.862. The Balaban J connectivity index is 1.75. The molecule has 1 saturated heterocycles. The van der Waals surface area contributed by atoms with E-state index in [2.05, 4.69) is 39.6 Å². The normalized spacial score (nSPS) is 18.3. The molecule has 1 aromatic heterocycles. The van der Waals surface area contributed by atoms with Gasteiger partial charge >= 0.3 is 0 Å². The SMILES string of the molecule is CN(C)CC1CCN(Cc2cn(CCN)cn2)CC1. The number of nitrogens with zero attached hydrogens (tertiary/aromatic N) is 4. The molecule has 2 heterocycles. The molecular formula is C14H27N5. The first-order valence-electron chi connectivity index (χ1n) is 7.25. The third-order valence-corrected chi connectivity index (χ3v) is 3.79. The number of aromatic nitrogens is 2. The van der Waals surface area contributed by atoms with Gasteiger partial charge in [-0.1, -0.05) is 0 Å². The number of hydrogen-bond donors (Lipinski definition) is 1. The van der Waals surface area contributed by atoms with Gasteiger partial charge in [0.15, 0.2) is 0 Å². The fourth-order valence-electron chi connectivity index (χ4n) is 2.83. The monoisotopic (exact) mass is 265 g/mol. The van der Waals surface area contributed by atoms with E-state index >= 15 is 0 Å². The molecule has 5 nitrogen and oxygen atoms in total. The van der Waals surface area contributed by atoms with Crippen molar-refractivity contribution in [1.29, 1.82) is 0 Å². The van der Waals surface area contributed by atoms with E-state index in [1.54, 1.807) is 0 Å². The van der Waals surface area contributed by atoms with Crippen LogP contribution in [-0.2, 0) is 13.1 Å². The Morgan fingerprint density at radius 2 is 2.11 bits per heavy atom. The van der Waals surface area contributed by atoms with Crippen molar-refractivity contribution in [3.8, 4) is 0 Å². The van der Waals surface area contributed by atoms with Gasteiger partial charge in [-0.3, -0.25) is 4.90 Å². The molecule has 0 bridgehead atoms. The number of rotatable bonds is 6. The van der Waals surface area contributed by atoms with Crippen molar-refractivity contribution in [3.05, 3.63) is 18.2 Å². The largest absolute Gasteiger partial charge is 0.336 e. The highest BCUT2D eigenvalue weighted by atomic mass is 15.2. The molecule has 0 amide bonds. The summed E-state index contributed by atoms with van der Waals surface area (Å²) in [5.41, 5.74) is 6.71. The second-order valence-corrected chi connectivity index (χ2v) is 5.87. The second kappa shape index (κ2) is 7.03. The molecule has 108 valence electrons. The van der Waals surface area contributed by atoms with Gasteiger partial charge in [-0.05, 0) is 45.9 Å². The smallest absolute Gasteiger partial charge is 0.0950 e. The summed E-state index contributed by atoms with van der Waals surface area (Å²) >= 11 is 0. The van der Waals surface area contributed by atoms with Crippen LogP contribution in [0.1, 0.15) is 18.5 Å². The van der Waals surface area contributed by atoms with Gasteiger partial charge in [0.1, 0.15) is 0 Å². The molecule has 0 atom stereocenters. The zero-order valence-corrected chi connectivity index (χ0v) is 12.3. The molecule has 5 heteroatoms. The standard InChI is InChI=1S/C14H27N5/c1-17(2)9-13-3-6-18(7-4-13)10-14-11-19(8-5-15)12-16-14/h11-13H,3-10,15H2,1-2H3. The van der Waals surface area contributed by atoms with Crippen LogP contribution in [0.5, 0.6) is 0 Å². The van der Waals surface area contributed by atoms with Crippen LogP contribution in [0.15, 0.2) is 12.5 Å². The number of nitrogens with two attached hydrogens (primary N) is 1. The first-order valence-corrected chi connectivity index (χ1v) is 7.25. The third kappa shape index (κ3) is 4.60. The lowest BCUT2D eigenvalue weighted by Crippen LogP contribution is -2.36. The van der Waals surface area contributed by atoms with Crippen molar-refractivity contribution in [1.82, 2.24) is 19.4 Å². The third-order valence-electron chi connectivity index (χ3n) is 3.79. The summed E-state index contributed by atoms with van der Waals surface area (Å²) in [4.78, 5) is 9.27.